The summed E-state index contributed by atoms with van der Waals surface area (Å²) in [4.78, 5) is 32.7. The Morgan fingerprint density at radius 3 is 2.40 bits per heavy atom. The van der Waals surface area contributed by atoms with Gasteiger partial charge in [-0.05, 0) is 6.07 Å². The molecule has 1 aromatic rings. The van der Waals surface area contributed by atoms with Crippen LogP contribution >= 0.6 is 0 Å². The quantitative estimate of drug-likeness (QED) is 0.660. The number of nitrogens with zero attached hydrogens (tertiary/aromatic N) is 2. The van der Waals surface area contributed by atoms with Crippen molar-refractivity contribution in [2.75, 3.05) is 13.1 Å². The van der Waals surface area contributed by atoms with Gasteiger partial charge in [-0.3, -0.25) is 19.7 Å². The smallest absolute Gasteiger partial charge is 0.310 e. The number of nitro groups is 1. The average molecular weight is 286 g/mol. The molecule has 1 N–H and O–H groups in total. The number of halogens is 2. The number of carbonyl (C=O) groups is 2. The number of aliphatic carboxylic acids is 1. The zero-order valence-corrected chi connectivity index (χ0v) is 9.88. The molecule has 1 fully saturated rings. The molecule has 1 aliphatic heterocycles. The van der Waals surface area contributed by atoms with Gasteiger partial charge in [-0.25, -0.2) is 4.39 Å². The number of rotatable bonds is 3. The first-order chi connectivity index (χ1) is 9.31. The summed E-state index contributed by atoms with van der Waals surface area (Å²) in [5.41, 5.74) is -1.72. The lowest BCUT2D eigenvalue weighted by Crippen LogP contribution is -2.53. The molecule has 0 aromatic heterocycles. The third kappa shape index (κ3) is 2.29. The lowest BCUT2D eigenvalue weighted by atomic mass is 9.99. The number of nitro benzene ring substituents is 1. The SMILES string of the molecule is O=C(O)C1CN(C(=O)c2cc(F)c([N+](=O)[O-])cc2F)C1. The Hall–Kier alpha value is -2.58. The second kappa shape index (κ2) is 4.83. The Balaban J connectivity index is 2.22. The van der Waals surface area contributed by atoms with Crippen molar-refractivity contribution in [2.24, 2.45) is 5.92 Å². The van der Waals surface area contributed by atoms with Gasteiger partial charge >= 0.3 is 11.7 Å². The normalized spacial score (nSPS) is 14.8. The van der Waals surface area contributed by atoms with Crippen molar-refractivity contribution in [3.8, 4) is 0 Å². The number of carboxylic acid groups (broad SMARTS) is 1. The number of amides is 1. The lowest BCUT2D eigenvalue weighted by Gasteiger charge is -2.36. The van der Waals surface area contributed by atoms with Crippen LogP contribution in [0.25, 0.3) is 0 Å². The third-order valence-corrected chi connectivity index (χ3v) is 2.98. The molecule has 1 heterocycles. The molecule has 0 saturated carbocycles. The van der Waals surface area contributed by atoms with Crippen molar-refractivity contribution in [1.82, 2.24) is 4.90 Å². The maximum Gasteiger partial charge on any atom is 0.310 e. The van der Waals surface area contributed by atoms with Gasteiger partial charge in [-0.1, -0.05) is 0 Å². The van der Waals surface area contributed by atoms with Crippen LogP contribution in [0.3, 0.4) is 0 Å². The van der Waals surface area contributed by atoms with Gasteiger partial charge in [-0.2, -0.15) is 4.39 Å². The summed E-state index contributed by atoms with van der Waals surface area (Å²) in [7, 11) is 0. The molecule has 2 rings (SSSR count). The van der Waals surface area contributed by atoms with Crippen LogP contribution in [-0.4, -0.2) is 39.9 Å². The van der Waals surface area contributed by atoms with Crippen molar-refractivity contribution < 1.29 is 28.4 Å². The second-order valence-corrected chi connectivity index (χ2v) is 4.29. The van der Waals surface area contributed by atoms with Crippen LogP contribution in [0.1, 0.15) is 10.4 Å². The van der Waals surface area contributed by atoms with Gasteiger partial charge < -0.3 is 10.0 Å². The molecule has 106 valence electrons. The minimum Gasteiger partial charge on any atom is -0.481 e. The third-order valence-electron chi connectivity index (χ3n) is 2.98. The first-order valence-electron chi connectivity index (χ1n) is 5.46. The van der Waals surface area contributed by atoms with Crippen LogP contribution in [0.5, 0.6) is 0 Å². The fourth-order valence-corrected chi connectivity index (χ4v) is 1.81. The van der Waals surface area contributed by atoms with Gasteiger partial charge in [0, 0.05) is 13.1 Å². The molecule has 9 heteroatoms. The van der Waals surface area contributed by atoms with E-state index in [9.17, 15) is 28.5 Å². The molecule has 0 atom stereocenters. The van der Waals surface area contributed by atoms with Crippen LogP contribution in [0.2, 0.25) is 0 Å². The minimum atomic E-state index is -1.32. The van der Waals surface area contributed by atoms with E-state index < -0.39 is 45.6 Å². The number of carboxylic acids is 1. The fourth-order valence-electron chi connectivity index (χ4n) is 1.81. The van der Waals surface area contributed by atoms with Crippen LogP contribution < -0.4 is 0 Å². The Morgan fingerprint density at radius 2 is 1.90 bits per heavy atom. The Morgan fingerprint density at radius 1 is 1.30 bits per heavy atom. The van der Waals surface area contributed by atoms with Gasteiger partial charge in [0.1, 0.15) is 5.82 Å². The zero-order valence-electron chi connectivity index (χ0n) is 9.88. The summed E-state index contributed by atoms with van der Waals surface area (Å²) >= 11 is 0. The average Bonchev–Trinajstić information content (AvgIpc) is 2.28. The predicted molar refractivity (Wildman–Crippen MR) is 60.0 cm³/mol. The molecule has 0 spiro atoms. The van der Waals surface area contributed by atoms with Crippen molar-refractivity contribution >= 4 is 17.6 Å². The van der Waals surface area contributed by atoms with E-state index in [0.717, 1.165) is 4.90 Å². The molecule has 7 nitrogen and oxygen atoms in total. The van der Waals surface area contributed by atoms with Crippen LogP contribution in [0.15, 0.2) is 12.1 Å². The van der Waals surface area contributed by atoms with Crippen LogP contribution in [-0.2, 0) is 4.79 Å². The highest BCUT2D eigenvalue weighted by atomic mass is 19.1. The molecule has 1 saturated heterocycles. The fraction of sp³-hybridized carbons (Fsp3) is 0.273. The van der Waals surface area contributed by atoms with E-state index >= 15 is 0 Å². The maximum absolute atomic E-state index is 13.6. The summed E-state index contributed by atoms with van der Waals surface area (Å²) in [6, 6.07) is 0.779. The first-order valence-corrected chi connectivity index (χ1v) is 5.46. The number of likely N-dealkylation sites (tertiary alicyclic amines) is 1. The highest BCUT2D eigenvalue weighted by molar-refractivity contribution is 5.96. The van der Waals surface area contributed by atoms with Crippen molar-refractivity contribution in [3.63, 3.8) is 0 Å². The molecule has 1 aromatic carbocycles. The number of benzene rings is 1. The molecule has 1 aliphatic rings. The first kappa shape index (κ1) is 13.8. The van der Waals surface area contributed by atoms with Crippen LogP contribution in [0.4, 0.5) is 14.5 Å². The van der Waals surface area contributed by atoms with E-state index in [-0.39, 0.29) is 13.1 Å². The van der Waals surface area contributed by atoms with E-state index in [4.69, 9.17) is 5.11 Å². The molecule has 0 aliphatic carbocycles. The highest BCUT2D eigenvalue weighted by Gasteiger charge is 2.37. The van der Waals surface area contributed by atoms with E-state index in [1.807, 2.05) is 0 Å². The number of carbonyl (C=O) groups excluding carboxylic acids is 1. The lowest BCUT2D eigenvalue weighted by molar-refractivity contribution is -0.387. The van der Waals surface area contributed by atoms with Crippen molar-refractivity contribution in [1.29, 1.82) is 0 Å². The Labute approximate surface area is 110 Å². The van der Waals surface area contributed by atoms with Gasteiger partial charge in [0.25, 0.3) is 5.91 Å². The minimum absolute atomic E-state index is 0.105. The summed E-state index contributed by atoms with van der Waals surface area (Å²) in [5.74, 6) is -5.25. The Bertz CT molecular complexity index is 613. The van der Waals surface area contributed by atoms with Gasteiger partial charge in [0.15, 0.2) is 0 Å². The van der Waals surface area contributed by atoms with Crippen molar-refractivity contribution in [2.45, 2.75) is 0 Å². The standard InChI is InChI=1S/C11H8F2N2O5/c12-7-2-9(15(19)20)8(13)1-6(7)10(16)14-3-5(4-14)11(17)18/h1-2,5H,3-4H2,(H,17,18). The summed E-state index contributed by atoms with van der Waals surface area (Å²) < 4.78 is 26.9. The molecule has 20 heavy (non-hydrogen) atoms. The van der Waals surface area contributed by atoms with Crippen molar-refractivity contribution in [3.05, 3.63) is 39.4 Å². The van der Waals surface area contributed by atoms with E-state index in [1.165, 1.54) is 0 Å². The highest BCUT2D eigenvalue weighted by Crippen LogP contribution is 2.25. The van der Waals surface area contributed by atoms with E-state index in [2.05, 4.69) is 0 Å². The summed E-state index contributed by atoms with van der Waals surface area (Å²) in [6.07, 6.45) is 0. The monoisotopic (exact) mass is 286 g/mol. The summed E-state index contributed by atoms with van der Waals surface area (Å²) in [6.45, 7) is -0.210. The molecule has 0 radical (unpaired) electrons. The Kier molecular flexibility index (Phi) is 3.35. The van der Waals surface area contributed by atoms with E-state index in [1.54, 1.807) is 0 Å². The molecular formula is C11H8F2N2O5. The molecule has 0 unspecified atom stereocenters. The largest absolute Gasteiger partial charge is 0.481 e. The van der Waals surface area contributed by atoms with E-state index in [0.29, 0.717) is 12.1 Å². The van der Waals surface area contributed by atoms with Gasteiger partial charge in [0.2, 0.25) is 5.82 Å². The zero-order chi connectivity index (χ0) is 15.0. The molecule has 0 bridgehead atoms. The molecule has 1 amide bonds. The maximum atomic E-state index is 13.6. The summed E-state index contributed by atoms with van der Waals surface area (Å²) in [5, 5.41) is 19.1. The van der Waals surface area contributed by atoms with Gasteiger partial charge in [0.05, 0.1) is 22.5 Å². The topological polar surface area (TPSA) is 101 Å². The van der Waals surface area contributed by atoms with Crippen LogP contribution in [0, 0.1) is 27.7 Å². The van der Waals surface area contributed by atoms with Gasteiger partial charge in [-0.15, -0.1) is 0 Å². The predicted octanol–water partition coefficient (Wildman–Crippen LogP) is 1.03. The number of hydrogen-bond donors (Lipinski definition) is 1. The molecular weight excluding hydrogens is 278 g/mol. The second-order valence-electron chi connectivity index (χ2n) is 4.29. The number of hydrogen-bond acceptors (Lipinski definition) is 4.